The number of carbonyl (C=O) groups excluding carboxylic acids is 3. The van der Waals surface area contributed by atoms with E-state index in [0.717, 1.165) is 24.1 Å². The number of carbonyl (C=O) groups is 3. The molecule has 0 aromatic carbocycles. The molecule has 3 amide bonds. The van der Waals surface area contributed by atoms with Crippen LogP contribution < -0.4 is 10.6 Å². The second kappa shape index (κ2) is 7.57. The molecule has 2 atom stereocenters. The summed E-state index contributed by atoms with van der Waals surface area (Å²) in [6.07, 6.45) is 3.06. The van der Waals surface area contributed by atoms with Crippen molar-refractivity contribution in [3.8, 4) is 0 Å². The molecule has 1 fully saturated rings. The van der Waals surface area contributed by atoms with Gasteiger partial charge >= 0.3 is 0 Å². The van der Waals surface area contributed by atoms with Crippen LogP contribution >= 0.6 is 0 Å². The summed E-state index contributed by atoms with van der Waals surface area (Å²) in [5.74, 6) is -0.684. The quantitative estimate of drug-likeness (QED) is 0.680. The van der Waals surface area contributed by atoms with Crippen molar-refractivity contribution in [3.63, 3.8) is 0 Å². The fraction of sp³-hybridized carbons (Fsp3) is 0.500. The van der Waals surface area contributed by atoms with Gasteiger partial charge in [-0.2, -0.15) is 0 Å². The van der Waals surface area contributed by atoms with Gasteiger partial charge in [-0.3, -0.25) is 19.7 Å². The van der Waals surface area contributed by atoms with Gasteiger partial charge in [-0.1, -0.05) is 26.2 Å². The maximum Gasteiger partial charge on any atom is 0.255 e. The molecule has 2 unspecified atom stereocenters. The van der Waals surface area contributed by atoms with E-state index in [-0.39, 0.29) is 24.2 Å². The molecule has 2 aliphatic rings. The minimum absolute atomic E-state index is 0.212. The van der Waals surface area contributed by atoms with Crippen LogP contribution in [0.3, 0.4) is 0 Å². The van der Waals surface area contributed by atoms with Gasteiger partial charge in [0, 0.05) is 18.5 Å². The van der Waals surface area contributed by atoms with Gasteiger partial charge in [0.15, 0.2) is 0 Å². The molecule has 24 heavy (non-hydrogen) atoms. The maximum atomic E-state index is 12.7. The summed E-state index contributed by atoms with van der Waals surface area (Å²) in [6, 6.07) is -0.608. The number of rotatable bonds is 7. The average molecular weight is 331 g/mol. The minimum atomic E-state index is -0.608. The first-order valence-electron chi connectivity index (χ1n) is 8.24. The van der Waals surface area contributed by atoms with Gasteiger partial charge in [-0.05, 0) is 43.5 Å². The highest BCUT2D eigenvalue weighted by Crippen LogP contribution is 2.32. The zero-order chi connectivity index (χ0) is 17.9. The normalized spacial score (nSPS) is 22.7. The Morgan fingerprint density at radius 1 is 1.46 bits per heavy atom. The zero-order valence-corrected chi connectivity index (χ0v) is 14.4. The topological polar surface area (TPSA) is 78.5 Å². The summed E-state index contributed by atoms with van der Waals surface area (Å²) in [6.45, 7) is 11.2. The van der Waals surface area contributed by atoms with Crippen LogP contribution in [0.4, 0.5) is 0 Å². The van der Waals surface area contributed by atoms with Gasteiger partial charge in [0.05, 0.1) is 0 Å². The number of nitrogens with one attached hydrogen (secondary N) is 2. The summed E-state index contributed by atoms with van der Waals surface area (Å²) in [5.41, 5.74) is 2.27. The van der Waals surface area contributed by atoms with Crippen molar-refractivity contribution in [1.29, 1.82) is 0 Å². The molecular weight excluding hydrogens is 306 g/mol. The first-order valence-corrected chi connectivity index (χ1v) is 8.24. The number of nitrogens with zero attached hydrogens (tertiary/aromatic N) is 1. The number of hydrogen-bond acceptors (Lipinski definition) is 4. The van der Waals surface area contributed by atoms with Gasteiger partial charge in [-0.15, -0.1) is 0 Å². The fourth-order valence-electron chi connectivity index (χ4n) is 3.16. The Morgan fingerprint density at radius 3 is 2.75 bits per heavy atom. The van der Waals surface area contributed by atoms with Gasteiger partial charge in [0.25, 0.3) is 5.91 Å². The highest BCUT2D eigenvalue weighted by Gasteiger charge is 2.40. The summed E-state index contributed by atoms with van der Waals surface area (Å²) in [5, 5.41) is 5.42. The fourth-order valence-corrected chi connectivity index (χ4v) is 3.16. The lowest BCUT2D eigenvalue weighted by Crippen LogP contribution is -2.53. The molecule has 2 rings (SSSR count). The van der Waals surface area contributed by atoms with Crippen LogP contribution in [0, 0.1) is 5.92 Å². The average Bonchev–Trinajstić information content (AvgIpc) is 2.88. The molecule has 1 saturated heterocycles. The smallest absolute Gasteiger partial charge is 0.255 e. The van der Waals surface area contributed by atoms with Crippen molar-refractivity contribution in [1.82, 2.24) is 15.5 Å². The minimum Gasteiger partial charge on any atom is -0.322 e. The maximum absolute atomic E-state index is 12.7. The van der Waals surface area contributed by atoms with E-state index >= 15 is 0 Å². The van der Waals surface area contributed by atoms with Crippen LogP contribution in [0.2, 0.25) is 0 Å². The van der Waals surface area contributed by atoms with Gasteiger partial charge in [0.1, 0.15) is 6.04 Å². The molecule has 0 aliphatic carbocycles. The van der Waals surface area contributed by atoms with Crippen molar-refractivity contribution in [2.75, 3.05) is 20.1 Å². The molecule has 0 aromatic rings. The lowest BCUT2D eigenvalue weighted by Gasteiger charge is -2.30. The molecule has 0 aromatic heterocycles. The van der Waals surface area contributed by atoms with E-state index in [0.29, 0.717) is 18.5 Å². The van der Waals surface area contributed by atoms with Gasteiger partial charge in [-0.25, -0.2) is 0 Å². The van der Waals surface area contributed by atoms with E-state index in [1.807, 2.05) is 7.05 Å². The molecule has 2 heterocycles. The number of hydrogen-bond donors (Lipinski definition) is 2. The van der Waals surface area contributed by atoms with E-state index < -0.39 is 11.9 Å². The molecule has 2 N–H and O–H groups in total. The predicted molar refractivity (Wildman–Crippen MR) is 92.0 cm³/mol. The van der Waals surface area contributed by atoms with E-state index in [4.69, 9.17) is 0 Å². The third-order valence-corrected chi connectivity index (χ3v) is 4.75. The molecule has 2 aliphatic heterocycles. The van der Waals surface area contributed by atoms with Gasteiger partial charge < -0.3 is 10.2 Å². The zero-order valence-electron chi connectivity index (χ0n) is 14.4. The summed E-state index contributed by atoms with van der Waals surface area (Å²) in [7, 11) is 1.90. The number of imide groups is 1. The third kappa shape index (κ3) is 3.48. The van der Waals surface area contributed by atoms with Crippen molar-refractivity contribution < 1.29 is 14.4 Å². The molecule has 6 heteroatoms. The SMILES string of the molecule is C=CC1=C(C(=C)C(C)CCNC)CN(C2CCC(=O)NC2=O)C1=O. The van der Waals surface area contributed by atoms with E-state index in [2.05, 4.69) is 30.7 Å². The van der Waals surface area contributed by atoms with Crippen LogP contribution in [0.1, 0.15) is 26.2 Å². The Labute approximate surface area is 142 Å². The standard InChI is InChI=1S/C18H25N3O3/c1-5-13-14(12(3)11(2)8-9-19-4)10-21(18(13)24)15-6-7-16(22)20-17(15)23/h5,11,15,19H,1,3,6-10H2,2,4H3,(H,20,22,23). The van der Waals surface area contributed by atoms with Crippen molar-refractivity contribution in [2.24, 2.45) is 5.92 Å². The van der Waals surface area contributed by atoms with Crippen molar-refractivity contribution >= 4 is 17.7 Å². The van der Waals surface area contributed by atoms with E-state index in [1.165, 1.54) is 4.90 Å². The molecule has 6 nitrogen and oxygen atoms in total. The van der Waals surface area contributed by atoms with E-state index in [1.54, 1.807) is 6.08 Å². The Bertz CT molecular complexity index is 621. The lowest BCUT2D eigenvalue weighted by molar-refractivity contribution is -0.142. The largest absolute Gasteiger partial charge is 0.322 e. The van der Waals surface area contributed by atoms with Crippen LogP contribution in [0.5, 0.6) is 0 Å². The monoisotopic (exact) mass is 331 g/mol. The summed E-state index contributed by atoms with van der Waals surface area (Å²) >= 11 is 0. The van der Waals surface area contributed by atoms with E-state index in [9.17, 15) is 14.4 Å². The Kier molecular flexibility index (Phi) is 5.72. The predicted octanol–water partition coefficient (Wildman–Crippen LogP) is 0.918. The van der Waals surface area contributed by atoms with Crippen LogP contribution in [0.25, 0.3) is 0 Å². The highest BCUT2D eigenvalue weighted by atomic mass is 16.2. The molecule has 0 saturated carbocycles. The number of piperidine rings is 1. The second-order valence-corrected chi connectivity index (χ2v) is 6.31. The van der Waals surface area contributed by atoms with Crippen LogP contribution in [0.15, 0.2) is 36.0 Å². The van der Waals surface area contributed by atoms with Crippen molar-refractivity contribution in [3.05, 3.63) is 36.0 Å². The van der Waals surface area contributed by atoms with Crippen LogP contribution in [-0.4, -0.2) is 48.8 Å². The Morgan fingerprint density at radius 2 is 2.17 bits per heavy atom. The Hall–Kier alpha value is -2.21. The van der Waals surface area contributed by atoms with Crippen LogP contribution in [-0.2, 0) is 14.4 Å². The molecular formula is C18H25N3O3. The lowest BCUT2D eigenvalue weighted by atomic mass is 9.90. The second-order valence-electron chi connectivity index (χ2n) is 6.31. The first-order chi connectivity index (χ1) is 11.4. The molecule has 130 valence electrons. The van der Waals surface area contributed by atoms with Gasteiger partial charge in [0.2, 0.25) is 11.8 Å². The summed E-state index contributed by atoms with van der Waals surface area (Å²) < 4.78 is 0. The number of amides is 3. The summed E-state index contributed by atoms with van der Waals surface area (Å²) in [4.78, 5) is 37.6. The highest BCUT2D eigenvalue weighted by molar-refractivity contribution is 6.06. The van der Waals surface area contributed by atoms with Crippen molar-refractivity contribution in [2.45, 2.75) is 32.2 Å². The third-order valence-electron chi connectivity index (χ3n) is 4.75. The first kappa shape index (κ1) is 18.1. The Balaban J connectivity index is 2.18. The molecule has 0 bridgehead atoms. The molecule has 0 spiro atoms. The molecule has 0 radical (unpaired) electrons.